The molecule has 0 unspecified atom stereocenters. The number of carbonyl (C=O) groups is 1. The van der Waals surface area contributed by atoms with Crippen molar-refractivity contribution < 1.29 is 14.6 Å². The lowest BCUT2D eigenvalue weighted by Gasteiger charge is -2.26. The Morgan fingerprint density at radius 1 is 1.32 bits per heavy atom. The molecule has 1 saturated heterocycles. The fraction of sp³-hybridized carbons (Fsp3) is 0.611. The quantitative estimate of drug-likeness (QED) is 0.776. The van der Waals surface area contributed by atoms with E-state index in [4.69, 9.17) is 4.74 Å². The van der Waals surface area contributed by atoms with Gasteiger partial charge < -0.3 is 15.2 Å². The fourth-order valence-corrected chi connectivity index (χ4v) is 2.84. The van der Waals surface area contributed by atoms with E-state index >= 15 is 0 Å². The van der Waals surface area contributed by atoms with Gasteiger partial charge in [0.25, 0.3) is 0 Å². The van der Waals surface area contributed by atoms with Crippen LogP contribution in [0.25, 0.3) is 0 Å². The van der Waals surface area contributed by atoms with Crippen molar-refractivity contribution in [3.63, 3.8) is 0 Å². The Kier molecular flexibility index (Phi) is 6.40. The van der Waals surface area contributed by atoms with Gasteiger partial charge >= 0.3 is 0 Å². The number of carbonyl (C=O) groups excluding carboxylic acids is 1. The van der Waals surface area contributed by atoms with Gasteiger partial charge in [0.15, 0.2) is 0 Å². The van der Waals surface area contributed by atoms with Gasteiger partial charge in [0.2, 0.25) is 5.91 Å². The topological polar surface area (TPSA) is 58.6 Å². The summed E-state index contributed by atoms with van der Waals surface area (Å²) in [5, 5.41) is 13.2. The summed E-state index contributed by atoms with van der Waals surface area (Å²) < 4.78 is 5.83. The second kappa shape index (κ2) is 8.30. The van der Waals surface area contributed by atoms with Crippen molar-refractivity contribution in [3.8, 4) is 0 Å². The summed E-state index contributed by atoms with van der Waals surface area (Å²) in [6.45, 7) is 5.53. The van der Waals surface area contributed by atoms with Crippen molar-refractivity contribution >= 4 is 5.91 Å². The second-order valence-electron chi connectivity index (χ2n) is 6.52. The molecule has 4 heteroatoms. The third-order valence-corrected chi connectivity index (χ3v) is 4.42. The summed E-state index contributed by atoms with van der Waals surface area (Å²) in [4.78, 5) is 11.3. The van der Waals surface area contributed by atoms with E-state index in [0.717, 1.165) is 12.0 Å². The van der Waals surface area contributed by atoms with E-state index in [1.807, 2.05) is 30.3 Å². The molecule has 0 aliphatic carbocycles. The number of amides is 1. The molecule has 1 aromatic rings. The number of hydrogen-bond donors (Lipinski definition) is 2. The first-order valence-corrected chi connectivity index (χ1v) is 8.15. The van der Waals surface area contributed by atoms with E-state index in [1.54, 1.807) is 0 Å². The van der Waals surface area contributed by atoms with Gasteiger partial charge in [-0.3, -0.25) is 4.79 Å². The van der Waals surface area contributed by atoms with Gasteiger partial charge in [-0.25, -0.2) is 0 Å². The van der Waals surface area contributed by atoms with Crippen LogP contribution in [0.3, 0.4) is 0 Å². The van der Waals surface area contributed by atoms with Crippen molar-refractivity contribution in [2.75, 3.05) is 6.61 Å². The summed E-state index contributed by atoms with van der Waals surface area (Å²) in [5.74, 6) is 0.768. The minimum Gasteiger partial charge on any atom is -0.391 e. The molecule has 3 atom stereocenters. The molecule has 22 heavy (non-hydrogen) atoms. The van der Waals surface area contributed by atoms with Gasteiger partial charge in [-0.1, -0.05) is 44.2 Å². The van der Waals surface area contributed by atoms with Crippen LogP contribution in [-0.2, 0) is 16.1 Å². The highest BCUT2D eigenvalue weighted by atomic mass is 16.5. The van der Waals surface area contributed by atoms with Crippen LogP contribution in [0.4, 0.5) is 0 Å². The smallest absolute Gasteiger partial charge is 0.220 e. The largest absolute Gasteiger partial charge is 0.391 e. The Bertz CT molecular complexity index is 461. The monoisotopic (exact) mass is 305 g/mol. The summed E-state index contributed by atoms with van der Waals surface area (Å²) in [6.07, 6.45) is 1.44. The highest BCUT2D eigenvalue weighted by molar-refractivity contribution is 5.78. The SMILES string of the molecule is CC(C)[C@@H](COCc1ccccc1)C[C@H](O)[C@@H]1CCC(=O)N1. The zero-order valence-corrected chi connectivity index (χ0v) is 13.5. The number of aliphatic hydroxyl groups excluding tert-OH is 1. The molecule has 0 spiro atoms. The van der Waals surface area contributed by atoms with E-state index in [9.17, 15) is 9.90 Å². The maximum absolute atomic E-state index is 11.3. The molecule has 1 fully saturated rings. The summed E-state index contributed by atoms with van der Waals surface area (Å²) >= 11 is 0. The van der Waals surface area contributed by atoms with Crippen molar-refractivity contribution in [3.05, 3.63) is 35.9 Å². The summed E-state index contributed by atoms with van der Waals surface area (Å²) in [5.41, 5.74) is 1.16. The molecule has 1 aliphatic heterocycles. The molecule has 0 radical (unpaired) electrons. The zero-order chi connectivity index (χ0) is 15.9. The van der Waals surface area contributed by atoms with Crippen molar-refractivity contribution in [1.29, 1.82) is 0 Å². The normalized spacial score (nSPS) is 20.9. The van der Waals surface area contributed by atoms with Gasteiger partial charge in [0, 0.05) is 6.42 Å². The van der Waals surface area contributed by atoms with Crippen molar-refractivity contribution in [2.45, 2.75) is 51.9 Å². The first-order valence-electron chi connectivity index (χ1n) is 8.15. The molecular weight excluding hydrogens is 278 g/mol. The molecule has 1 amide bonds. The van der Waals surface area contributed by atoms with Gasteiger partial charge in [-0.2, -0.15) is 0 Å². The average Bonchev–Trinajstić information content (AvgIpc) is 2.93. The van der Waals surface area contributed by atoms with Crippen LogP contribution in [0, 0.1) is 11.8 Å². The van der Waals surface area contributed by atoms with Crippen LogP contribution < -0.4 is 5.32 Å². The molecule has 2 rings (SSSR count). The molecule has 4 nitrogen and oxygen atoms in total. The number of aliphatic hydroxyl groups is 1. The molecule has 1 aliphatic rings. The lowest BCUT2D eigenvalue weighted by Crippen LogP contribution is -2.38. The molecular formula is C18H27NO3. The lowest BCUT2D eigenvalue weighted by atomic mass is 9.88. The molecule has 122 valence electrons. The van der Waals surface area contributed by atoms with E-state index in [0.29, 0.717) is 32.0 Å². The van der Waals surface area contributed by atoms with Gasteiger partial charge in [0.1, 0.15) is 0 Å². The number of rotatable bonds is 8. The van der Waals surface area contributed by atoms with Crippen molar-refractivity contribution in [2.24, 2.45) is 11.8 Å². The maximum Gasteiger partial charge on any atom is 0.220 e. The number of ether oxygens (including phenoxy) is 1. The first-order chi connectivity index (χ1) is 10.6. The summed E-state index contributed by atoms with van der Waals surface area (Å²) in [7, 11) is 0. The van der Waals surface area contributed by atoms with E-state index in [2.05, 4.69) is 19.2 Å². The predicted octanol–water partition coefficient (Wildman–Crippen LogP) is 2.50. The molecule has 0 saturated carbocycles. The van der Waals surface area contributed by atoms with Gasteiger partial charge in [-0.05, 0) is 30.2 Å². The third-order valence-electron chi connectivity index (χ3n) is 4.42. The lowest BCUT2D eigenvalue weighted by molar-refractivity contribution is -0.119. The van der Waals surface area contributed by atoms with Crippen molar-refractivity contribution in [1.82, 2.24) is 5.32 Å². The predicted molar refractivity (Wildman–Crippen MR) is 86.2 cm³/mol. The van der Waals surface area contributed by atoms with E-state index in [-0.39, 0.29) is 17.9 Å². The van der Waals surface area contributed by atoms with Crippen LogP contribution in [0.15, 0.2) is 30.3 Å². The van der Waals surface area contributed by atoms with Crippen LogP contribution in [0.2, 0.25) is 0 Å². The number of hydrogen-bond acceptors (Lipinski definition) is 3. The Labute approximate surface area is 132 Å². The number of nitrogens with one attached hydrogen (secondary N) is 1. The highest BCUT2D eigenvalue weighted by Crippen LogP contribution is 2.22. The molecule has 0 aromatic heterocycles. The minimum absolute atomic E-state index is 0.0467. The van der Waals surface area contributed by atoms with E-state index < -0.39 is 6.10 Å². The first kappa shape index (κ1) is 17.0. The number of benzene rings is 1. The van der Waals surface area contributed by atoms with E-state index in [1.165, 1.54) is 0 Å². The van der Waals surface area contributed by atoms with Crippen LogP contribution in [0.5, 0.6) is 0 Å². The van der Waals surface area contributed by atoms with Gasteiger partial charge in [0.05, 0.1) is 25.4 Å². The molecule has 0 bridgehead atoms. The Morgan fingerprint density at radius 3 is 2.64 bits per heavy atom. The standard InChI is InChI=1S/C18H27NO3/c1-13(2)15(10-17(20)16-8-9-18(21)19-16)12-22-11-14-6-4-3-5-7-14/h3-7,13,15-17,20H,8-12H2,1-2H3,(H,19,21)/t15-,16+,17+/m1/s1. The summed E-state index contributed by atoms with van der Waals surface area (Å²) in [6, 6.07) is 10.0. The van der Waals surface area contributed by atoms with Gasteiger partial charge in [-0.15, -0.1) is 0 Å². The third kappa shape index (κ3) is 5.11. The van der Waals surface area contributed by atoms with Crippen LogP contribution in [0.1, 0.15) is 38.7 Å². The fourth-order valence-electron chi connectivity index (χ4n) is 2.84. The molecule has 2 N–H and O–H groups in total. The van der Waals surface area contributed by atoms with Crippen LogP contribution >= 0.6 is 0 Å². The Morgan fingerprint density at radius 2 is 2.05 bits per heavy atom. The zero-order valence-electron chi connectivity index (χ0n) is 13.5. The molecule has 1 aromatic carbocycles. The Balaban J connectivity index is 1.78. The maximum atomic E-state index is 11.3. The minimum atomic E-state index is -0.487. The molecule has 1 heterocycles. The second-order valence-corrected chi connectivity index (χ2v) is 6.52. The van der Waals surface area contributed by atoms with Crippen LogP contribution in [-0.4, -0.2) is 29.8 Å². The average molecular weight is 305 g/mol. The Hall–Kier alpha value is -1.39. The highest BCUT2D eigenvalue weighted by Gasteiger charge is 2.30.